The molecule has 8 nitrogen and oxygen atoms in total. The van der Waals surface area contributed by atoms with Crippen molar-refractivity contribution >= 4 is 17.6 Å². The molecular formula is C20H29N5O3. The Morgan fingerprint density at radius 1 is 1.11 bits per heavy atom. The normalized spacial score (nSPS) is 22.9. The summed E-state index contributed by atoms with van der Waals surface area (Å²) < 4.78 is 5.58. The lowest BCUT2D eigenvalue weighted by Crippen LogP contribution is -2.42. The lowest BCUT2D eigenvalue weighted by molar-refractivity contribution is -0.142. The highest BCUT2D eigenvalue weighted by atomic mass is 16.5. The SMILES string of the molecule is CNc1nc(C2CCN(C(C)=O)CC2)nc2c1CCN(C(=O)[C@@H]1CCCO1)C2. The third-order valence-electron chi connectivity index (χ3n) is 6.14. The maximum absolute atomic E-state index is 12.8. The predicted octanol–water partition coefficient (Wildman–Crippen LogP) is 1.31. The highest BCUT2D eigenvalue weighted by Crippen LogP contribution is 2.31. The summed E-state index contributed by atoms with van der Waals surface area (Å²) in [6.45, 7) is 4.99. The van der Waals surface area contributed by atoms with Gasteiger partial charge in [0.25, 0.3) is 5.91 Å². The number of piperidine rings is 1. The summed E-state index contributed by atoms with van der Waals surface area (Å²) in [6.07, 6.45) is 3.99. The molecule has 2 amide bonds. The van der Waals surface area contributed by atoms with E-state index >= 15 is 0 Å². The van der Waals surface area contributed by atoms with Gasteiger partial charge < -0.3 is 19.9 Å². The largest absolute Gasteiger partial charge is 0.373 e. The average molecular weight is 387 g/mol. The Morgan fingerprint density at radius 2 is 1.89 bits per heavy atom. The van der Waals surface area contributed by atoms with E-state index < -0.39 is 0 Å². The number of nitrogens with zero attached hydrogens (tertiary/aromatic N) is 4. The van der Waals surface area contributed by atoms with Crippen molar-refractivity contribution in [3.8, 4) is 0 Å². The maximum atomic E-state index is 12.8. The molecule has 2 fully saturated rings. The summed E-state index contributed by atoms with van der Waals surface area (Å²) in [5.41, 5.74) is 2.06. The third kappa shape index (κ3) is 3.70. The zero-order valence-electron chi connectivity index (χ0n) is 16.7. The van der Waals surface area contributed by atoms with E-state index in [4.69, 9.17) is 14.7 Å². The van der Waals surface area contributed by atoms with Crippen molar-refractivity contribution in [2.45, 2.75) is 57.6 Å². The number of amides is 2. The zero-order valence-corrected chi connectivity index (χ0v) is 16.7. The fraction of sp³-hybridized carbons (Fsp3) is 0.700. The molecule has 1 aromatic heterocycles. The summed E-state index contributed by atoms with van der Waals surface area (Å²) in [7, 11) is 1.88. The molecule has 3 aliphatic heterocycles. The summed E-state index contributed by atoms with van der Waals surface area (Å²) in [6, 6.07) is 0. The number of carbonyl (C=O) groups is 2. The van der Waals surface area contributed by atoms with E-state index in [2.05, 4.69) is 5.32 Å². The molecular weight excluding hydrogens is 358 g/mol. The first-order valence-corrected chi connectivity index (χ1v) is 10.3. The Labute approximate surface area is 165 Å². The molecule has 0 aliphatic carbocycles. The van der Waals surface area contributed by atoms with Crippen LogP contribution in [-0.4, -0.2) is 71.0 Å². The monoisotopic (exact) mass is 387 g/mol. The number of fused-ring (bicyclic) bond motifs is 1. The number of carbonyl (C=O) groups excluding carboxylic acids is 2. The molecule has 4 heterocycles. The van der Waals surface area contributed by atoms with Crippen LogP contribution in [0.5, 0.6) is 0 Å². The second-order valence-electron chi connectivity index (χ2n) is 7.90. The summed E-state index contributed by atoms with van der Waals surface area (Å²) in [4.78, 5) is 37.8. The van der Waals surface area contributed by atoms with Crippen LogP contribution >= 0.6 is 0 Å². The molecule has 1 N–H and O–H groups in total. The minimum atomic E-state index is -0.289. The van der Waals surface area contributed by atoms with Crippen molar-refractivity contribution in [2.75, 3.05) is 38.6 Å². The van der Waals surface area contributed by atoms with Crippen molar-refractivity contribution in [1.82, 2.24) is 19.8 Å². The second-order valence-corrected chi connectivity index (χ2v) is 7.90. The Kier molecular flexibility index (Phi) is 5.48. The number of likely N-dealkylation sites (tertiary alicyclic amines) is 1. The number of hydrogen-bond acceptors (Lipinski definition) is 6. The van der Waals surface area contributed by atoms with Crippen molar-refractivity contribution in [3.63, 3.8) is 0 Å². The molecule has 0 bridgehead atoms. The Hall–Kier alpha value is -2.22. The second kappa shape index (κ2) is 8.03. The third-order valence-corrected chi connectivity index (χ3v) is 6.14. The van der Waals surface area contributed by atoms with Crippen molar-refractivity contribution in [1.29, 1.82) is 0 Å². The van der Waals surface area contributed by atoms with Crippen LogP contribution in [0, 0.1) is 0 Å². The van der Waals surface area contributed by atoms with E-state index in [1.54, 1.807) is 6.92 Å². The van der Waals surface area contributed by atoms with E-state index in [9.17, 15) is 9.59 Å². The molecule has 3 aliphatic rings. The molecule has 8 heteroatoms. The lowest BCUT2D eigenvalue weighted by atomic mass is 9.95. The molecule has 28 heavy (non-hydrogen) atoms. The zero-order chi connectivity index (χ0) is 19.7. The molecule has 4 rings (SSSR count). The molecule has 1 aromatic rings. The van der Waals surface area contributed by atoms with Crippen LogP contribution in [0.3, 0.4) is 0 Å². The molecule has 0 saturated carbocycles. The Morgan fingerprint density at radius 3 is 2.54 bits per heavy atom. The van der Waals surface area contributed by atoms with Crippen LogP contribution in [0.15, 0.2) is 0 Å². The van der Waals surface area contributed by atoms with Gasteiger partial charge in [0, 0.05) is 51.7 Å². The molecule has 0 radical (unpaired) electrons. The van der Waals surface area contributed by atoms with E-state index in [1.807, 2.05) is 16.8 Å². The van der Waals surface area contributed by atoms with Gasteiger partial charge in [-0.3, -0.25) is 9.59 Å². The number of ether oxygens (including phenoxy) is 1. The van der Waals surface area contributed by atoms with Gasteiger partial charge in [-0.2, -0.15) is 0 Å². The first kappa shape index (κ1) is 19.1. The minimum absolute atomic E-state index is 0.0871. The first-order valence-electron chi connectivity index (χ1n) is 10.3. The topological polar surface area (TPSA) is 87.7 Å². The molecule has 152 valence electrons. The highest BCUT2D eigenvalue weighted by molar-refractivity contribution is 5.81. The summed E-state index contributed by atoms with van der Waals surface area (Å²) in [5.74, 6) is 2.17. The predicted molar refractivity (Wildman–Crippen MR) is 104 cm³/mol. The van der Waals surface area contributed by atoms with Gasteiger partial charge >= 0.3 is 0 Å². The molecule has 0 spiro atoms. The smallest absolute Gasteiger partial charge is 0.252 e. The van der Waals surface area contributed by atoms with Gasteiger partial charge in [0.2, 0.25) is 5.91 Å². The molecule has 0 unspecified atom stereocenters. The quantitative estimate of drug-likeness (QED) is 0.841. The molecule has 2 saturated heterocycles. The Bertz CT molecular complexity index is 754. The molecule has 1 atom stereocenters. The van der Waals surface area contributed by atoms with Gasteiger partial charge in [0.15, 0.2) is 0 Å². The summed E-state index contributed by atoms with van der Waals surface area (Å²) in [5, 5.41) is 3.22. The number of hydrogen-bond donors (Lipinski definition) is 1. The molecule has 0 aromatic carbocycles. The van der Waals surface area contributed by atoms with Gasteiger partial charge in [-0.25, -0.2) is 9.97 Å². The van der Waals surface area contributed by atoms with Crippen molar-refractivity contribution in [2.24, 2.45) is 0 Å². The van der Waals surface area contributed by atoms with Crippen molar-refractivity contribution in [3.05, 3.63) is 17.1 Å². The first-order chi connectivity index (χ1) is 13.6. The Balaban J connectivity index is 1.53. The van der Waals surface area contributed by atoms with Crippen molar-refractivity contribution < 1.29 is 14.3 Å². The summed E-state index contributed by atoms with van der Waals surface area (Å²) >= 11 is 0. The van der Waals surface area contributed by atoms with E-state index in [-0.39, 0.29) is 23.8 Å². The highest BCUT2D eigenvalue weighted by Gasteiger charge is 2.33. The van der Waals surface area contributed by atoms with Crippen LogP contribution in [0.1, 0.15) is 55.6 Å². The van der Waals surface area contributed by atoms with E-state index in [0.29, 0.717) is 19.7 Å². The van der Waals surface area contributed by atoms with Gasteiger partial charge in [-0.15, -0.1) is 0 Å². The van der Waals surface area contributed by atoms with Gasteiger partial charge in [0.1, 0.15) is 17.7 Å². The van der Waals surface area contributed by atoms with Gasteiger partial charge in [-0.05, 0) is 32.1 Å². The van der Waals surface area contributed by atoms with Crippen LogP contribution in [0.25, 0.3) is 0 Å². The fourth-order valence-corrected chi connectivity index (χ4v) is 4.46. The van der Waals surface area contributed by atoms with E-state index in [0.717, 1.165) is 68.1 Å². The van der Waals surface area contributed by atoms with E-state index in [1.165, 1.54) is 0 Å². The van der Waals surface area contributed by atoms with Crippen LogP contribution in [0.4, 0.5) is 5.82 Å². The lowest BCUT2D eigenvalue weighted by Gasteiger charge is -2.33. The number of aromatic nitrogens is 2. The van der Waals surface area contributed by atoms with Gasteiger partial charge in [0.05, 0.1) is 12.2 Å². The average Bonchev–Trinajstić information content (AvgIpc) is 3.26. The number of nitrogens with one attached hydrogen (secondary N) is 1. The fourth-order valence-electron chi connectivity index (χ4n) is 4.46. The van der Waals surface area contributed by atoms with Crippen LogP contribution in [-0.2, 0) is 27.3 Å². The van der Waals surface area contributed by atoms with Crippen LogP contribution < -0.4 is 5.32 Å². The number of anilines is 1. The van der Waals surface area contributed by atoms with Gasteiger partial charge in [-0.1, -0.05) is 0 Å². The minimum Gasteiger partial charge on any atom is -0.373 e. The standard InChI is InChI=1S/C20H29N5O3/c1-13(26)24-8-5-14(6-9-24)18-22-16-12-25(20(27)17-4-3-11-28-17)10-7-15(16)19(21-2)23-18/h14,17H,3-12H2,1-2H3,(H,21,22,23)/t17-/m0/s1. The maximum Gasteiger partial charge on any atom is 0.252 e. The number of rotatable bonds is 3. The van der Waals surface area contributed by atoms with Crippen LogP contribution in [0.2, 0.25) is 0 Å².